The van der Waals surface area contributed by atoms with Crippen LogP contribution in [0.4, 0.5) is 5.69 Å². The van der Waals surface area contributed by atoms with Gasteiger partial charge in [0.1, 0.15) is 0 Å². The smallest absolute Gasteiger partial charge is 0.337 e. The number of rotatable bonds is 5. The van der Waals surface area contributed by atoms with E-state index in [4.69, 9.17) is 16.7 Å². The van der Waals surface area contributed by atoms with Crippen LogP contribution in [0, 0.1) is 0 Å². The van der Waals surface area contributed by atoms with Crippen LogP contribution in [-0.2, 0) is 0 Å². The predicted molar refractivity (Wildman–Crippen MR) is 72.4 cm³/mol. The van der Waals surface area contributed by atoms with Gasteiger partial charge in [-0.15, -0.1) is 0 Å². The van der Waals surface area contributed by atoms with E-state index in [2.05, 4.69) is 11.6 Å². The maximum Gasteiger partial charge on any atom is 0.337 e. The largest absolute Gasteiger partial charge is 0.478 e. The average Bonchev–Trinajstić information content (AvgIpc) is 3.08. The van der Waals surface area contributed by atoms with Gasteiger partial charge < -0.3 is 10.4 Å². The van der Waals surface area contributed by atoms with Crippen molar-refractivity contribution in [3.05, 3.63) is 28.8 Å². The second-order valence-corrected chi connectivity index (χ2v) is 5.95. The molecule has 2 rings (SSSR count). The third-order valence-corrected chi connectivity index (χ3v) is 4.71. The molecule has 0 atom stereocenters. The first-order valence-corrected chi connectivity index (χ1v) is 6.98. The zero-order valence-corrected chi connectivity index (χ0v) is 11.1. The van der Waals surface area contributed by atoms with E-state index in [0.29, 0.717) is 15.5 Å². The number of aromatic carboxylic acids is 1. The van der Waals surface area contributed by atoms with Crippen molar-refractivity contribution in [2.24, 2.45) is 0 Å². The molecule has 1 aliphatic rings. The van der Waals surface area contributed by atoms with Crippen LogP contribution < -0.4 is 5.32 Å². The fourth-order valence-corrected chi connectivity index (χ4v) is 2.60. The zero-order chi connectivity index (χ0) is 12.5. The Balaban J connectivity index is 2.12. The number of carboxylic acid groups (broad SMARTS) is 1. The van der Waals surface area contributed by atoms with Crippen molar-refractivity contribution >= 4 is 35.0 Å². The van der Waals surface area contributed by atoms with E-state index in [9.17, 15) is 4.79 Å². The molecule has 1 fully saturated rings. The van der Waals surface area contributed by atoms with Gasteiger partial charge in [0.15, 0.2) is 0 Å². The van der Waals surface area contributed by atoms with E-state index in [1.54, 1.807) is 12.1 Å². The maximum absolute atomic E-state index is 11.1. The van der Waals surface area contributed by atoms with Crippen molar-refractivity contribution in [3.63, 3.8) is 0 Å². The van der Waals surface area contributed by atoms with Crippen LogP contribution in [0.1, 0.15) is 23.2 Å². The Kier molecular flexibility index (Phi) is 3.54. The normalized spacial score (nSPS) is 16.6. The van der Waals surface area contributed by atoms with Crippen molar-refractivity contribution < 1.29 is 9.90 Å². The van der Waals surface area contributed by atoms with Crippen molar-refractivity contribution in [1.29, 1.82) is 0 Å². The summed E-state index contributed by atoms with van der Waals surface area (Å²) in [5, 5.41) is 12.7. The summed E-state index contributed by atoms with van der Waals surface area (Å²) in [6, 6.07) is 4.90. The highest BCUT2D eigenvalue weighted by molar-refractivity contribution is 8.00. The highest BCUT2D eigenvalue weighted by Crippen LogP contribution is 2.47. The molecule has 1 saturated carbocycles. The molecule has 0 aromatic heterocycles. The highest BCUT2D eigenvalue weighted by Gasteiger charge is 2.41. The molecule has 1 aromatic rings. The molecular formula is C12H14ClNO2S. The van der Waals surface area contributed by atoms with Crippen LogP contribution in [-0.4, -0.2) is 28.6 Å². The van der Waals surface area contributed by atoms with E-state index < -0.39 is 5.97 Å². The summed E-state index contributed by atoms with van der Waals surface area (Å²) in [7, 11) is 0. The van der Waals surface area contributed by atoms with Crippen LogP contribution >= 0.6 is 23.4 Å². The molecule has 2 N–H and O–H groups in total. The number of hydrogen-bond donors (Lipinski definition) is 2. The van der Waals surface area contributed by atoms with Crippen molar-refractivity contribution in [3.8, 4) is 0 Å². The lowest BCUT2D eigenvalue weighted by molar-refractivity contribution is 0.0698. The Hall–Kier alpha value is -0.870. The summed E-state index contributed by atoms with van der Waals surface area (Å²) in [6.45, 7) is 0.802. The Morgan fingerprint density at radius 3 is 2.82 bits per heavy atom. The second-order valence-electron chi connectivity index (χ2n) is 4.24. The quantitative estimate of drug-likeness (QED) is 0.862. The average molecular weight is 272 g/mol. The fourth-order valence-electron chi connectivity index (χ4n) is 1.70. The van der Waals surface area contributed by atoms with Gasteiger partial charge in [-0.05, 0) is 37.3 Å². The van der Waals surface area contributed by atoms with Gasteiger partial charge >= 0.3 is 5.97 Å². The lowest BCUT2D eigenvalue weighted by Crippen LogP contribution is -2.18. The Morgan fingerprint density at radius 1 is 1.59 bits per heavy atom. The minimum atomic E-state index is -0.955. The summed E-state index contributed by atoms with van der Waals surface area (Å²) in [5.74, 6) is -0.955. The second kappa shape index (κ2) is 4.78. The van der Waals surface area contributed by atoms with Crippen molar-refractivity contribution in [1.82, 2.24) is 0 Å². The summed E-state index contributed by atoms with van der Waals surface area (Å²) in [4.78, 5) is 11.1. The number of carboxylic acids is 1. The molecule has 1 aliphatic carbocycles. The monoisotopic (exact) mass is 271 g/mol. The molecule has 1 aromatic carbocycles. The molecule has 0 heterocycles. The first-order valence-electron chi connectivity index (χ1n) is 5.38. The third-order valence-electron chi connectivity index (χ3n) is 3.05. The fraction of sp³-hybridized carbons (Fsp3) is 0.417. The summed E-state index contributed by atoms with van der Waals surface area (Å²) >= 11 is 7.63. The number of hydrogen-bond acceptors (Lipinski definition) is 3. The molecule has 17 heavy (non-hydrogen) atoms. The topological polar surface area (TPSA) is 49.3 Å². The number of nitrogens with one attached hydrogen (secondary N) is 1. The Morgan fingerprint density at radius 2 is 2.29 bits per heavy atom. The van der Waals surface area contributed by atoms with Gasteiger partial charge in [0.05, 0.1) is 5.56 Å². The SMILES string of the molecule is CSC1(CNc2ccc(Cl)cc2C(=O)O)CC1. The summed E-state index contributed by atoms with van der Waals surface area (Å²) in [5.41, 5.74) is 0.872. The molecule has 3 nitrogen and oxygen atoms in total. The van der Waals surface area contributed by atoms with Crippen molar-refractivity contribution in [2.45, 2.75) is 17.6 Å². The van der Waals surface area contributed by atoms with Crippen LogP contribution in [0.3, 0.4) is 0 Å². The zero-order valence-electron chi connectivity index (χ0n) is 9.50. The number of halogens is 1. The lowest BCUT2D eigenvalue weighted by Gasteiger charge is -2.15. The standard InChI is InChI=1S/C12H14ClNO2S/c1-17-12(4-5-12)7-14-10-3-2-8(13)6-9(10)11(15)16/h2-3,6,14H,4-5,7H2,1H3,(H,15,16). The molecule has 0 unspecified atom stereocenters. The van der Waals surface area contributed by atoms with Crippen LogP contribution in [0.25, 0.3) is 0 Å². The van der Waals surface area contributed by atoms with Crippen LogP contribution in [0.2, 0.25) is 5.02 Å². The molecule has 0 spiro atoms. The van der Waals surface area contributed by atoms with Gasteiger partial charge in [0.2, 0.25) is 0 Å². The first kappa shape index (κ1) is 12.6. The van der Waals surface area contributed by atoms with E-state index in [1.165, 1.54) is 18.9 Å². The number of anilines is 1. The van der Waals surface area contributed by atoms with Gasteiger partial charge in [-0.1, -0.05) is 11.6 Å². The molecule has 0 aliphatic heterocycles. The molecular weight excluding hydrogens is 258 g/mol. The minimum absolute atomic E-state index is 0.231. The molecule has 0 amide bonds. The Labute approximate surface area is 110 Å². The van der Waals surface area contributed by atoms with Gasteiger partial charge in [-0.3, -0.25) is 0 Å². The lowest BCUT2D eigenvalue weighted by atomic mass is 10.1. The molecule has 0 saturated heterocycles. The number of thioether (sulfide) groups is 1. The van der Waals surface area contributed by atoms with E-state index in [-0.39, 0.29) is 5.56 Å². The van der Waals surface area contributed by atoms with Gasteiger partial charge in [0, 0.05) is 22.0 Å². The maximum atomic E-state index is 11.1. The molecule has 0 radical (unpaired) electrons. The van der Waals surface area contributed by atoms with Crippen LogP contribution in [0.5, 0.6) is 0 Å². The molecule has 0 bridgehead atoms. The number of benzene rings is 1. The van der Waals surface area contributed by atoms with Gasteiger partial charge in [-0.25, -0.2) is 4.79 Å². The van der Waals surface area contributed by atoms with Crippen molar-refractivity contribution in [2.75, 3.05) is 18.1 Å². The highest BCUT2D eigenvalue weighted by atomic mass is 35.5. The summed E-state index contributed by atoms with van der Waals surface area (Å²) < 4.78 is 0.301. The van der Waals surface area contributed by atoms with Crippen LogP contribution in [0.15, 0.2) is 18.2 Å². The first-order chi connectivity index (χ1) is 8.06. The molecule has 5 heteroatoms. The third kappa shape index (κ3) is 2.87. The Bertz CT molecular complexity index is 446. The van der Waals surface area contributed by atoms with E-state index >= 15 is 0 Å². The molecule has 92 valence electrons. The van der Waals surface area contributed by atoms with Gasteiger partial charge in [-0.2, -0.15) is 11.8 Å². The van der Waals surface area contributed by atoms with Gasteiger partial charge in [0.25, 0.3) is 0 Å². The van der Waals surface area contributed by atoms with E-state index in [1.807, 2.05) is 11.8 Å². The summed E-state index contributed by atoms with van der Waals surface area (Å²) in [6.07, 6.45) is 4.48. The minimum Gasteiger partial charge on any atom is -0.478 e. The predicted octanol–water partition coefficient (Wildman–Crippen LogP) is 3.35. The number of carbonyl (C=O) groups is 1. The van der Waals surface area contributed by atoms with E-state index in [0.717, 1.165) is 6.54 Å².